The highest BCUT2D eigenvalue weighted by atomic mass is 79.9. The summed E-state index contributed by atoms with van der Waals surface area (Å²) in [7, 11) is 0. The van der Waals surface area contributed by atoms with E-state index in [1.807, 2.05) is 6.07 Å². The number of rotatable bonds is 5. The fraction of sp³-hybridized carbons (Fsp3) is 0.667. The van der Waals surface area contributed by atoms with Crippen LogP contribution in [-0.2, 0) is 11.2 Å². The molecule has 18 heavy (non-hydrogen) atoms. The van der Waals surface area contributed by atoms with E-state index in [1.165, 1.54) is 17.7 Å². The number of ketones is 1. The van der Waals surface area contributed by atoms with E-state index in [0.29, 0.717) is 18.1 Å². The largest absolute Gasteiger partial charge is 0.299 e. The highest BCUT2D eigenvalue weighted by Gasteiger charge is 2.40. The normalized spacial score (nSPS) is 18.4. The van der Waals surface area contributed by atoms with Crippen molar-refractivity contribution < 1.29 is 4.79 Å². The van der Waals surface area contributed by atoms with Crippen LogP contribution in [-0.4, -0.2) is 5.78 Å². The van der Waals surface area contributed by atoms with Gasteiger partial charge in [-0.3, -0.25) is 4.79 Å². The van der Waals surface area contributed by atoms with Gasteiger partial charge in [-0.15, -0.1) is 11.3 Å². The van der Waals surface area contributed by atoms with Crippen molar-refractivity contribution in [2.45, 2.75) is 52.4 Å². The van der Waals surface area contributed by atoms with Gasteiger partial charge in [-0.1, -0.05) is 26.7 Å². The number of carbonyl (C=O) groups excluding carboxylic acids is 1. The Morgan fingerprint density at radius 3 is 2.56 bits per heavy atom. The first-order valence-electron chi connectivity index (χ1n) is 6.79. The highest BCUT2D eigenvalue weighted by molar-refractivity contribution is 9.11. The second-order valence-corrected chi connectivity index (χ2v) is 8.44. The SMILES string of the molecule is CC(C)CC1(C(=O)Cc2ccc(Br)s2)CCCC1. The van der Waals surface area contributed by atoms with Gasteiger partial charge in [0, 0.05) is 16.7 Å². The van der Waals surface area contributed by atoms with E-state index in [9.17, 15) is 4.79 Å². The summed E-state index contributed by atoms with van der Waals surface area (Å²) in [6.07, 6.45) is 6.37. The summed E-state index contributed by atoms with van der Waals surface area (Å²) in [5, 5.41) is 0. The van der Waals surface area contributed by atoms with Gasteiger partial charge >= 0.3 is 0 Å². The fourth-order valence-corrected chi connectivity index (χ4v) is 4.70. The van der Waals surface area contributed by atoms with E-state index in [1.54, 1.807) is 11.3 Å². The molecule has 1 fully saturated rings. The third-order valence-electron chi connectivity index (χ3n) is 3.91. The van der Waals surface area contributed by atoms with E-state index in [2.05, 4.69) is 35.8 Å². The Morgan fingerprint density at radius 2 is 2.06 bits per heavy atom. The summed E-state index contributed by atoms with van der Waals surface area (Å²) in [6.45, 7) is 4.46. The summed E-state index contributed by atoms with van der Waals surface area (Å²) in [4.78, 5) is 13.9. The van der Waals surface area contributed by atoms with Crippen LogP contribution in [0.25, 0.3) is 0 Å². The molecule has 1 aromatic heterocycles. The lowest BCUT2D eigenvalue weighted by Crippen LogP contribution is -2.31. The minimum absolute atomic E-state index is 0.00929. The lowest BCUT2D eigenvalue weighted by molar-refractivity contribution is -0.128. The molecule has 0 amide bonds. The minimum atomic E-state index is -0.00929. The minimum Gasteiger partial charge on any atom is -0.299 e. The summed E-state index contributed by atoms with van der Waals surface area (Å²) in [5.41, 5.74) is -0.00929. The monoisotopic (exact) mass is 328 g/mol. The molecule has 0 bridgehead atoms. The average molecular weight is 329 g/mol. The number of hydrogen-bond acceptors (Lipinski definition) is 2. The average Bonchev–Trinajstić information content (AvgIpc) is 2.88. The molecule has 3 heteroatoms. The zero-order valence-corrected chi connectivity index (χ0v) is 13.6. The molecule has 0 atom stereocenters. The maximum absolute atomic E-state index is 12.7. The third-order valence-corrected chi connectivity index (χ3v) is 5.54. The molecule has 1 aliphatic rings. The molecule has 0 aliphatic heterocycles. The molecule has 2 rings (SSSR count). The zero-order valence-electron chi connectivity index (χ0n) is 11.2. The van der Waals surface area contributed by atoms with Gasteiger partial charge in [0.2, 0.25) is 0 Å². The van der Waals surface area contributed by atoms with Gasteiger partial charge in [-0.25, -0.2) is 0 Å². The van der Waals surface area contributed by atoms with Gasteiger partial charge in [0.15, 0.2) is 0 Å². The predicted molar refractivity (Wildman–Crippen MR) is 81.1 cm³/mol. The summed E-state index contributed by atoms with van der Waals surface area (Å²) < 4.78 is 1.12. The van der Waals surface area contributed by atoms with Crippen LogP contribution in [0.4, 0.5) is 0 Å². The van der Waals surface area contributed by atoms with Gasteiger partial charge in [-0.05, 0) is 53.2 Å². The molecule has 0 unspecified atom stereocenters. The zero-order chi connectivity index (χ0) is 13.2. The smallest absolute Gasteiger partial charge is 0.144 e. The first kappa shape index (κ1) is 14.3. The number of halogens is 1. The lowest BCUT2D eigenvalue weighted by Gasteiger charge is -2.29. The molecular weight excluding hydrogens is 308 g/mol. The third kappa shape index (κ3) is 3.24. The number of Topliss-reactive ketones (excluding diaryl/α,β-unsaturated/α-hetero) is 1. The molecular formula is C15H21BrOS. The highest BCUT2D eigenvalue weighted by Crippen LogP contribution is 2.44. The Morgan fingerprint density at radius 1 is 1.39 bits per heavy atom. The Hall–Kier alpha value is -0.150. The van der Waals surface area contributed by atoms with Crippen molar-refractivity contribution in [3.05, 3.63) is 20.8 Å². The fourth-order valence-electron chi connectivity index (χ4n) is 3.22. The Kier molecular flexibility index (Phi) is 4.65. The lowest BCUT2D eigenvalue weighted by atomic mass is 9.74. The molecule has 0 aromatic carbocycles. The molecule has 0 N–H and O–H groups in total. The molecule has 1 aromatic rings. The van der Waals surface area contributed by atoms with Crippen molar-refractivity contribution in [2.24, 2.45) is 11.3 Å². The Labute approximate surface area is 122 Å². The van der Waals surface area contributed by atoms with Crippen molar-refractivity contribution in [1.82, 2.24) is 0 Å². The molecule has 1 saturated carbocycles. The molecule has 0 radical (unpaired) electrons. The quantitative estimate of drug-likeness (QED) is 0.723. The van der Waals surface area contributed by atoms with Crippen molar-refractivity contribution in [1.29, 1.82) is 0 Å². The van der Waals surface area contributed by atoms with Crippen LogP contribution in [0.15, 0.2) is 15.9 Å². The van der Waals surface area contributed by atoms with Gasteiger partial charge in [0.25, 0.3) is 0 Å². The van der Waals surface area contributed by atoms with E-state index < -0.39 is 0 Å². The first-order chi connectivity index (χ1) is 8.52. The molecule has 1 heterocycles. The molecule has 1 nitrogen and oxygen atoms in total. The van der Waals surface area contributed by atoms with Crippen LogP contribution in [0.2, 0.25) is 0 Å². The maximum Gasteiger partial charge on any atom is 0.144 e. The van der Waals surface area contributed by atoms with Gasteiger partial charge in [0.05, 0.1) is 3.79 Å². The van der Waals surface area contributed by atoms with Crippen LogP contribution < -0.4 is 0 Å². The second-order valence-electron chi connectivity index (χ2n) is 5.89. The van der Waals surface area contributed by atoms with Gasteiger partial charge in [0.1, 0.15) is 5.78 Å². The molecule has 100 valence electrons. The van der Waals surface area contributed by atoms with Crippen molar-refractivity contribution >= 4 is 33.0 Å². The predicted octanol–water partition coefficient (Wildman–Crippen LogP) is 5.23. The summed E-state index contributed by atoms with van der Waals surface area (Å²) in [6, 6.07) is 4.11. The molecule has 0 spiro atoms. The molecule has 1 aliphatic carbocycles. The van der Waals surface area contributed by atoms with Crippen LogP contribution in [0, 0.1) is 11.3 Å². The van der Waals surface area contributed by atoms with Crippen LogP contribution >= 0.6 is 27.3 Å². The standard InChI is InChI=1S/C15H21BrOS/c1-11(2)10-15(7-3-4-8-15)13(17)9-12-5-6-14(16)18-12/h5-6,11H,3-4,7-10H2,1-2H3. The second kappa shape index (κ2) is 5.87. The van der Waals surface area contributed by atoms with E-state index in [0.717, 1.165) is 23.0 Å². The number of carbonyl (C=O) groups is 1. The first-order valence-corrected chi connectivity index (χ1v) is 8.40. The van der Waals surface area contributed by atoms with E-state index in [4.69, 9.17) is 0 Å². The number of hydrogen-bond donors (Lipinski definition) is 0. The van der Waals surface area contributed by atoms with Crippen LogP contribution in [0.5, 0.6) is 0 Å². The summed E-state index contributed by atoms with van der Waals surface area (Å²) in [5.74, 6) is 1.09. The van der Waals surface area contributed by atoms with Crippen molar-refractivity contribution in [3.63, 3.8) is 0 Å². The van der Waals surface area contributed by atoms with Gasteiger partial charge < -0.3 is 0 Å². The van der Waals surface area contributed by atoms with Crippen LogP contribution in [0.1, 0.15) is 50.8 Å². The Balaban J connectivity index is 2.09. The van der Waals surface area contributed by atoms with Crippen molar-refractivity contribution in [2.75, 3.05) is 0 Å². The van der Waals surface area contributed by atoms with Crippen molar-refractivity contribution in [3.8, 4) is 0 Å². The maximum atomic E-state index is 12.7. The topological polar surface area (TPSA) is 17.1 Å². The summed E-state index contributed by atoms with van der Waals surface area (Å²) >= 11 is 5.15. The Bertz CT molecular complexity index is 416. The van der Waals surface area contributed by atoms with Crippen LogP contribution in [0.3, 0.4) is 0 Å². The number of thiophene rings is 1. The molecule has 0 saturated heterocycles. The van der Waals surface area contributed by atoms with E-state index in [-0.39, 0.29) is 5.41 Å². The van der Waals surface area contributed by atoms with E-state index >= 15 is 0 Å². The van der Waals surface area contributed by atoms with Gasteiger partial charge in [-0.2, -0.15) is 0 Å².